The van der Waals surface area contributed by atoms with Crippen LogP contribution >= 0.6 is 0 Å². The molecular weight excluding hydrogens is 264 g/mol. The van der Waals surface area contributed by atoms with Crippen molar-refractivity contribution in [3.63, 3.8) is 0 Å². The molecule has 1 aliphatic rings. The Morgan fingerprint density at radius 3 is 2.76 bits per heavy atom. The molecule has 3 N–H and O–H groups in total. The molecule has 0 saturated heterocycles. The van der Waals surface area contributed by atoms with Crippen LogP contribution in [-0.4, -0.2) is 13.0 Å². The van der Waals surface area contributed by atoms with Gasteiger partial charge in [0.1, 0.15) is 6.04 Å². The van der Waals surface area contributed by atoms with Gasteiger partial charge in [-0.2, -0.15) is 5.26 Å². The lowest BCUT2D eigenvalue weighted by Crippen LogP contribution is -2.19. The Balaban J connectivity index is 1.96. The van der Waals surface area contributed by atoms with Crippen molar-refractivity contribution in [1.29, 1.82) is 5.26 Å². The summed E-state index contributed by atoms with van der Waals surface area (Å²) in [5.41, 5.74) is 9.78. The van der Waals surface area contributed by atoms with Crippen molar-refractivity contribution < 1.29 is 4.79 Å². The molecule has 0 aromatic heterocycles. The normalized spacial score (nSPS) is 16.0. The summed E-state index contributed by atoms with van der Waals surface area (Å²) in [6, 6.07) is 14.5. The lowest BCUT2D eigenvalue weighted by Gasteiger charge is -2.20. The number of fused-ring (bicyclic) bond motifs is 1. The standard InChI is InChI=1S/C16H14N4O/c1-20(11-4-2-3-10(7-11)9-17)12-5-6-13-14(8-12)19-16(21)15(13)18/h2-8,15H,18H2,1H3,(H,19,21). The van der Waals surface area contributed by atoms with Crippen molar-refractivity contribution in [3.8, 4) is 6.07 Å². The van der Waals surface area contributed by atoms with Crippen LogP contribution in [0.25, 0.3) is 0 Å². The van der Waals surface area contributed by atoms with E-state index in [9.17, 15) is 4.79 Å². The molecular formula is C16H14N4O. The van der Waals surface area contributed by atoms with Crippen molar-refractivity contribution in [2.45, 2.75) is 6.04 Å². The molecule has 0 radical (unpaired) electrons. The third-order valence-electron chi connectivity index (χ3n) is 3.66. The highest BCUT2D eigenvalue weighted by molar-refractivity contribution is 6.03. The van der Waals surface area contributed by atoms with Crippen LogP contribution in [0.2, 0.25) is 0 Å². The molecule has 0 spiro atoms. The van der Waals surface area contributed by atoms with Gasteiger partial charge in [0, 0.05) is 29.7 Å². The number of hydrogen-bond acceptors (Lipinski definition) is 4. The molecule has 0 saturated carbocycles. The smallest absolute Gasteiger partial charge is 0.245 e. The lowest BCUT2D eigenvalue weighted by molar-refractivity contribution is -0.116. The Morgan fingerprint density at radius 1 is 1.24 bits per heavy atom. The molecule has 1 unspecified atom stereocenters. The number of amides is 1. The van der Waals surface area contributed by atoms with Crippen LogP contribution < -0.4 is 16.0 Å². The molecule has 1 amide bonds. The fraction of sp³-hybridized carbons (Fsp3) is 0.125. The molecule has 1 aliphatic heterocycles. The Bertz CT molecular complexity index is 763. The number of nitrogens with zero attached hydrogens (tertiary/aromatic N) is 2. The molecule has 1 heterocycles. The largest absolute Gasteiger partial charge is 0.345 e. The predicted molar refractivity (Wildman–Crippen MR) is 81.2 cm³/mol. The number of rotatable bonds is 2. The summed E-state index contributed by atoms with van der Waals surface area (Å²) >= 11 is 0. The zero-order valence-corrected chi connectivity index (χ0v) is 11.5. The fourth-order valence-corrected chi connectivity index (χ4v) is 2.42. The van der Waals surface area contributed by atoms with Crippen molar-refractivity contribution in [1.82, 2.24) is 0 Å². The Kier molecular flexibility index (Phi) is 3.09. The second-order valence-corrected chi connectivity index (χ2v) is 4.96. The van der Waals surface area contributed by atoms with Crippen molar-refractivity contribution in [2.24, 2.45) is 5.73 Å². The first-order valence-corrected chi connectivity index (χ1v) is 6.54. The molecule has 3 rings (SSSR count). The topological polar surface area (TPSA) is 82.2 Å². The van der Waals surface area contributed by atoms with Crippen molar-refractivity contribution in [3.05, 3.63) is 53.6 Å². The van der Waals surface area contributed by atoms with Crippen LogP contribution in [0.15, 0.2) is 42.5 Å². The number of carbonyl (C=O) groups is 1. The van der Waals surface area contributed by atoms with Gasteiger partial charge in [-0.05, 0) is 30.3 Å². The zero-order chi connectivity index (χ0) is 15.0. The first-order valence-electron chi connectivity index (χ1n) is 6.54. The first-order chi connectivity index (χ1) is 10.1. The molecule has 0 aliphatic carbocycles. The average molecular weight is 278 g/mol. The summed E-state index contributed by atoms with van der Waals surface area (Å²) in [4.78, 5) is 13.5. The molecule has 21 heavy (non-hydrogen) atoms. The van der Waals surface area contributed by atoms with Gasteiger partial charge in [-0.25, -0.2) is 0 Å². The van der Waals surface area contributed by atoms with Crippen LogP contribution in [0, 0.1) is 11.3 Å². The van der Waals surface area contributed by atoms with Gasteiger partial charge in [-0.1, -0.05) is 12.1 Å². The van der Waals surface area contributed by atoms with E-state index < -0.39 is 6.04 Å². The van der Waals surface area contributed by atoms with Gasteiger partial charge in [-0.3, -0.25) is 4.79 Å². The molecule has 0 fully saturated rings. The summed E-state index contributed by atoms with van der Waals surface area (Å²) in [5, 5.41) is 11.7. The maximum atomic E-state index is 11.6. The predicted octanol–water partition coefficient (Wildman–Crippen LogP) is 2.28. The van der Waals surface area contributed by atoms with Crippen molar-refractivity contribution in [2.75, 3.05) is 17.3 Å². The Labute approximate surface area is 122 Å². The van der Waals surface area contributed by atoms with E-state index in [0.29, 0.717) is 5.56 Å². The summed E-state index contributed by atoms with van der Waals surface area (Å²) in [7, 11) is 1.91. The number of nitriles is 1. The van der Waals surface area contributed by atoms with E-state index >= 15 is 0 Å². The molecule has 5 nitrogen and oxygen atoms in total. The molecule has 2 aromatic rings. The van der Waals surface area contributed by atoms with Crippen LogP contribution in [0.4, 0.5) is 17.1 Å². The zero-order valence-electron chi connectivity index (χ0n) is 11.5. The summed E-state index contributed by atoms with van der Waals surface area (Å²) in [5.74, 6) is -0.184. The van der Waals surface area contributed by atoms with E-state index in [1.54, 1.807) is 6.07 Å². The van der Waals surface area contributed by atoms with E-state index in [2.05, 4.69) is 11.4 Å². The van der Waals surface area contributed by atoms with Gasteiger partial charge >= 0.3 is 0 Å². The first kappa shape index (κ1) is 13.2. The van der Waals surface area contributed by atoms with E-state index in [1.165, 1.54) is 0 Å². The highest BCUT2D eigenvalue weighted by Crippen LogP contribution is 2.34. The highest BCUT2D eigenvalue weighted by Gasteiger charge is 2.27. The van der Waals surface area contributed by atoms with Crippen LogP contribution in [0.5, 0.6) is 0 Å². The van der Waals surface area contributed by atoms with Gasteiger partial charge in [0.05, 0.1) is 11.6 Å². The minimum absolute atomic E-state index is 0.184. The second kappa shape index (κ2) is 4.93. The number of nitrogens with two attached hydrogens (primary N) is 1. The van der Waals surface area contributed by atoms with Crippen LogP contribution in [-0.2, 0) is 4.79 Å². The minimum Gasteiger partial charge on any atom is -0.345 e. The lowest BCUT2D eigenvalue weighted by atomic mass is 10.1. The number of anilines is 3. The molecule has 0 bridgehead atoms. The van der Waals surface area contributed by atoms with E-state index in [4.69, 9.17) is 11.0 Å². The van der Waals surface area contributed by atoms with Gasteiger partial charge < -0.3 is 16.0 Å². The van der Waals surface area contributed by atoms with Crippen LogP contribution in [0.1, 0.15) is 17.2 Å². The van der Waals surface area contributed by atoms with Gasteiger partial charge in [0.25, 0.3) is 0 Å². The van der Waals surface area contributed by atoms with Gasteiger partial charge in [0.15, 0.2) is 0 Å². The number of benzene rings is 2. The molecule has 5 heteroatoms. The number of nitrogens with one attached hydrogen (secondary N) is 1. The van der Waals surface area contributed by atoms with Crippen LogP contribution in [0.3, 0.4) is 0 Å². The van der Waals surface area contributed by atoms with Gasteiger partial charge in [-0.15, -0.1) is 0 Å². The second-order valence-electron chi connectivity index (χ2n) is 4.96. The summed E-state index contributed by atoms with van der Waals surface area (Å²) in [6.45, 7) is 0. The monoisotopic (exact) mass is 278 g/mol. The van der Waals surface area contributed by atoms with E-state index in [-0.39, 0.29) is 5.91 Å². The molecule has 1 atom stereocenters. The van der Waals surface area contributed by atoms with E-state index in [1.807, 2.05) is 48.3 Å². The quantitative estimate of drug-likeness (QED) is 0.883. The minimum atomic E-state index is -0.596. The number of hydrogen-bond donors (Lipinski definition) is 2. The Hall–Kier alpha value is -2.84. The molecule has 104 valence electrons. The summed E-state index contributed by atoms with van der Waals surface area (Å²) < 4.78 is 0. The third-order valence-corrected chi connectivity index (χ3v) is 3.66. The highest BCUT2D eigenvalue weighted by atomic mass is 16.2. The average Bonchev–Trinajstić information content (AvgIpc) is 2.81. The third kappa shape index (κ3) is 2.22. The maximum absolute atomic E-state index is 11.6. The Morgan fingerprint density at radius 2 is 2.00 bits per heavy atom. The van der Waals surface area contributed by atoms with Gasteiger partial charge in [0.2, 0.25) is 5.91 Å². The molecule has 2 aromatic carbocycles. The fourth-order valence-electron chi connectivity index (χ4n) is 2.42. The summed E-state index contributed by atoms with van der Waals surface area (Å²) in [6.07, 6.45) is 0. The van der Waals surface area contributed by atoms with E-state index in [0.717, 1.165) is 22.6 Å². The SMILES string of the molecule is CN(c1cccc(C#N)c1)c1ccc2c(c1)NC(=O)C2N. The number of carbonyl (C=O) groups excluding carboxylic acids is 1. The maximum Gasteiger partial charge on any atom is 0.245 e. The van der Waals surface area contributed by atoms with Crippen molar-refractivity contribution >= 4 is 23.0 Å².